The van der Waals surface area contributed by atoms with E-state index < -0.39 is 0 Å². The van der Waals surface area contributed by atoms with Crippen molar-refractivity contribution in [3.63, 3.8) is 0 Å². The van der Waals surface area contributed by atoms with E-state index in [1.807, 2.05) is 44.2 Å². The number of anilines is 2. The fourth-order valence-electron chi connectivity index (χ4n) is 1.81. The van der Waals surface area contributed by atoms with E-state index in [1.54, 1.807) is 7.11 Å². The highest BCUT2D eigenvalue weighted by Crippen LogP contribution is 2.28. The molecule has 0 amide bonds. The molecule has 0 spiro atoms. The molecule has 0 saturated heterocycles. The summed E-state index contributed by atoms with van der Waals surface area (Å²) < 4.78 is 10.8. The molecule has 1 aromatic carbocycles. The van der Waals surface area contributed by atoms with Gasteiger partial charge in [0.2, 0.25) is 0 Å². The molecule has 4 heteroatoms. The van der Waals surface area contributed by atoms with Gasteiger partial charge in [0.1, 0.15) is 17.3 Å². The van der Waals surface area contributed by atoms with Crippen LogP contribution in [0.2, 0.25) is 0 Å². The van der Waals surface area contributed by atoms with Crippen molar-refractivity contribution >= 4 is 11.4 Å². The summed E-state index contributed by atoms with van der Waals surface area (Å²) >= 11 is 0. The molecule has 0 aliphatic rings. The van der Waals surface area contributed by atoms with Crippen molar-refractivity contribution in [3.8, 4) is 5.75 Å². The summed E-state index contributed by atoms with van der Waals surface area (Å²) in [5, 5.41) is 3.34. The number of benzene rings is 1. The third kappa shape index (κ3) is 2.59. The van der Waals surface area contributed by atoms with Crippen molar-refractivity contribution < 1.29 is 9.15 Å². The molecule has 0 radical (unpaired) electrons. The zero-order chi connectivity index (χ0) is 13.1. The van der Waals surface area contributed by atoms with Crippen LogP contribution in [0, 0.1) is 6.92 Å². The maximum absolute atomic E-state index is 5.77. The molecule has 96 valence electrons. The summed E-state index contributed by atoms with van der Waals surface area (Å²) in [6, 6.07) is 9.64. The Morgan fingerprint density at radius 3 is 2.67 bits per heavy atom. The number of aryl methyl sites for hydroxylation is 1. The number of nitrogen functional groups attached to an aromatic ring is 1. The monoisotopic (exact) mass is 246 g/mol. The van der Waals surface area contributed by atoms with E-state index in [4.69, 9.17) is 14.9 Å². The molecule has 0 fully saturated rings. The summed E-state index contributed by atoms with van der Waals surface area (Å²) in [4.78, 5) is 0. The lowest BCUT2D eigenvalue weighted by Crippen LogP contribution is -2.06. The quantitative estimate of drug-likeness (QED) is 0.812. The fourth-order valence-corrected chi connectivity index (χ4v) is 1.81. The lowest BCUT2D eigenvalue weighted by molar-refractivity contribution is 0.417. The van der Waals surface area contributed by atoms with E-state index >= 15 is 0 Å². The first kappa shape index (κ1) is 12.4. The maximum Gasteiger partial charge on any atom is 0.143 e. The number of hydrogen-bond acceptors (Lipinski definition) is 4. The van der Waals surface area contributed by atoms with Gasteiger partial charge in [-0.1, -0.05) is 0 Å². The van der Waals surface area contributed by atoms with Crippen LogP contribution in [0.3, 0.4) is 0 Å². The summed E-state index contributed by atoms with van der Waals surface area (Å²) in [6.07, 6.45) is 0. The molecule has 3 N–H and O–H groups in total. The zero-order valence-electron chi connectivity index (χ0n) is 10.9. The molecule has 1 aromatic heterocycles. The third-order valence-electron chi connectivity index (χ3n) is 2.80. The molecule has 2 aromatic rings. The Labute approximate surface area is 107 Å². The van der Waals surface area contributed by atoms with Gasteiger partial charge in [-0.2, -0.15) is 0 Å². The van der Waals surface area contributed by atoms with E-state index in [0.29, 0.717) is 11.4 Å². The van der Waals surface area contributed by atoms with E-state index in [1.165, 1.54) is 0 Å². The molecule has 0 bridgehead atoms. The van der Waals surface area contributed by atoms with Gasteiger partial charge in [-0.05, 0) is 38.1 Å². The van der Waals surface area contributed by atoms with Crippen molar-refractivity contribution in [3.05, 3.63) is 41.9 Å². The van der Waals surface area contributed by atoms with Crippen LogP contribution >= 0.6 is 0 Å². The number of furan rings is 1. The third-order valence-corrected chi connectivity index (χ3v) is 2.80. The average Bonchev–Trinajstić information content (AvgIpc) is 2.78. The normalized spacial score (nSPS) is 12.2. The highest BCUT2D eigenvalue weighted by Gasteiger charge is 2.10. The lowest BCUT2D eigenvalue weighted by atomic mass is 10.2. The van der Waals surface area contributed by atoms with Gasteiger partial charge in [0.25, 0.3) is 0 Å². The van der Waals surface area contributed by atoms with Gasteiger partial charge in [0.05, 0.1) is 18.8 Å². The van der Waals surface area contributed by atoms with Crippen LogP contribution in [0.1, 0.15) is 24.5 Å². The molecule has 1 heterocycles. The number of nitrogens with two attached hydrogens (primary N) is 1. The SMILES string of the molecule is COc1cc(NC(C)c2ccc(C)o2)ccc1N. The van der Waals surface area contributed by atoms with Crippen LogP contribution in [0.25, 0.3) is 0 Å². The predicted octanol–water partition coefficient (Wildman–Crippen LogP) is 3.35. The van der Waals surface area contributed by atoms with Gasteiger partial charge in [-0.25, -0.2) is 0 Å². The summed E-state index contributed by atoms with van der Waals surface area (Å²) in [7, 11) is 1.61. The molecular weight excluding hydrogens is 228 g/mol. The molecule has 0 aliphatic carbocycles. The topological polar surface area (TPSA) is 60.4 Å². The molecule has 0 saturated carbocycles. The molecular formula is C14H18N2O2. The molecule has 4 nitrogen and oxygen atoms in total. The molecule has 2 rings (SSSR count). The second kappa shape index (κ2) is 5.04. The van der Waals surface area contributed by atoms with Gasteiger partial charge < -0.3 is 20.2 Å². The largest absolute Gasteiger partial charge is 0.495 e. The molecule has 1 unspecified atom stereocenters. The number of rotatable bonds is 4. The Hall–Kier alpha value is -2.10. The van der Waals surface area contributed by atoms with Crippen LogP contribution < -0.4 is 15.8 Å². The van der Waals surface area contributed by atoms with E-state index in [-0.39, 0.29) is 6.04 Å². The molecule has 0 aliphatic heterocycles. The van der Waals surface area contributed by atoms with Gasteiger partial charge in [-0.3, -0.25) is 0 Å². The Morgan fingerprint density at radius 2 is 2.06 bits per heavy atom. The van der Waals surface area contributed by atoms with Crippen molar-refractivity contribution in [2.75, 3.05) is 18.2 Å². The molecule has 1 atom stereocenters. The van der Waals surface area contributed by atoms with Gasteiger partial charge in [0.15, 0.2) is 0 Å². The van der Waals surface area contributed by atoms with Crippen LogP contribution in [0.15, 0.2) is 34.7 Å². The Morgan fingerprint density at radius 1 is 1.28 bits per heavy atom. The molecule has 18 heavy (non-hydrogen) atoms. The van der Waals surface area contributed by atoms with E-state index in [9.17, 15) is 0 Å². The highest BCUT2D eigenvalue weighted by molar-refractivity contribution is 5.61. The second-order valence-electron chi connectivity index (χ2n) is 4.27. The van der Waals surface area contributed by atoms with E-state index in [2.05, 4.69) is 5.32 Å². The van der Waals surface area contributed by atoms with Crippen molar-refractivity contribution in [2.24, 2.45) is 0 Å². The highest BCUT2D eigenvalue weighted by atomic mass is 16.5. The summed E-state index contributed by atoms with van der Waals surface area (Å²) in [5.41, 5.74) is 7.35. The first-order valence-corrected chi connectivity index (χ1v) is 5.86. The van der Waals surface area contributed by atoms with Crippen LogP contribution in [0.5, 0.6) is 5.75 Å². The zero-order valence-corrected chi connectivity index (χ0v) is 10.9. The van der Waals surface area contributed by atoms with E-state index in [0.717, 1.165) is 17.2 Å². The minimum absolute atomic E-state index is 0.0898. The van der Waals surface area contributed by atoms with Crippen molar-refractivity contribution in [1.29, 1.82) is 0 Å². The van der Waals surface area contributed by atoms with Crippen molar-refractivity contribution in [1.82, 2.24) is 0 Å². The number of nitrogens with one attached hydrogen (secondary N) is 1. The van der Waals surface area contributed by atoms with Crippen molar-refractivity contribution in [2.45, 2.75) is 19.9 Å². The number of ether oxygens (including phenoxy) is 1. The van der Waals surface area contributed by atoms with Gasteiger partial charge >= 0.3 is 0 Å². The maximum atomic E-state index is 5.77. The standard InChI is InChI=1S/C14H18N2O2/c1-9-4-7-13(18-9)10(2)16-11-5-6-12(15)14(8-11)17-3/h4-8,10,16H,15H2,1-3H3. The second-order valence-corrected chi connectivity index (χ2v) is 4.27. The lowest BCUT2D eigenvalue weighted by Gasteiger charge is -2.14. The summed E-state index contributed by atoms with van der Waals surface area (Å²) in [6.45, 7) is 3.98. The minimum atomic E-state index is 0.0898. The number of hydrogen-bond donors (Lipinski definition) is 2. The van der Waals surface area contributed by atoms with Crippen LogP contribution in [-0.4, -0.2) is 7.11 Å². The fraction of sp³-hybridized carbons (Fsp3) is 0.286. The Kier molecular flexibility index (Phi) is 3.46. The van der Waals surface area contributed by atoms with Crippen LogP contribution in [-0.2, 0) is 0 Å². The van der Waals surface area contributed by atoms with Gasteiger partial charge in [0, 0.05) is 11.8 Å². The predicted molar refractivity (Wildman–Crippen MR) is 72.9 cm³/mol. The first-order valence-electron chi connectivity index (χ1n) is 5.86. The number of methoxy groups -OCH3 is 1. The smallest absolute Gasteiger partial charge is 0.143 e. The Bertz CT molecular complexity index is 534. The average molecular weight is 246 g/mol. The first-order chi connectivity index (χ1) is 8.60. The Balaban J connectivity index is 2.14. The summed E-state index contributed by atoms with van der Waals surface area (Å²) in [5.74, 6) is 2.49. The van der Waals surface area contributed by atoms with Crippen LogP contribution in [0.4, 0.5) is 11.4 Å². The van der Waals surface area contributed by atoms with Gasteiger partial charge in [-0.15, -0.1) is 0 Å². The minimum Gasteiger partial charge on any atom is -0.495 e.